The molecule has 1 fully saturated rings. The molecule has 168 valence electrons. The second-order valence-electron chi connectivity index (χ2n) is 8.59. The van der Waals surface area contributed by atoms with E-state index in [0.717, 1.165) is 13.1 Å². The molecule has 0 radical (unpaired) electrons. The van der Waals surface area contributed by atoms with Crippen LogP contribution in [0.1, 0.15) is 29.9 Å². The van der Waals surface area contributed by atoms with Gasteiger partial charge in [-0.3, -0.25) is 9.69 Å². The highest BCUT2D eigenvalue weighted by Gasteiger charge is 2.24. The summed E-state index contributed by atoms with van der Waals surface area (Å²) in [4.78, 5) is 28.0. The molecular formula is C25H29N3O4. The molecule has 2 heterocycles. The van der Waals surface area contributed by atoms with Crippen LogP contribution in [0.2, 0.25) is 0 Å². The van der Waals surface area contributed by atoms with Gasteiger partial charge < -0.3 is 9.47 Å². The summed E-state index contributed by atoms with van der Waals surface area (Å²) in [7, 11) is 0. The van der Waals surface area contributed by atoms with Gasteiger partial charge in [0, 0.05) is 31.6 Å². The zero-order valence-electron chi connectivity index (χ0n) is 18.6. The van der Waals surface area contributed by atoms with Crippen molar-refractivity contribution in [1.29, 1.82) is 0 Å². The lowest BCUT2D eigenvalue weighted by Gasteiger charge is -2.32. The fraction of sp³-hybridized carbons (Fsp3) is 0.400. The molecule has 2 aromatic carbocycles. The number of esters is 1. The lowest BCUT2D eigenvalue weighted by Crippen LogP contribution is -2.44. The zero-order chi connectivity index (χ0) is 22.5. The van der Waals surface area contributed by atoms with Crippen LogP contribution < -0.4 is 5.56 Å². The molecule has 0 aliphatic carbocycles. The van der Waals surface area contributed by atoms with Gasteiger partial charge in [-0.05, 0) is 17.5 Å². The van der Waals surface area contributed by atoms with Crippen LogP contribution in [0.25, 0.3) is 10.8 Å². The molecule has 0 N–H and O–H groups in total. The third kappa shape index (κ3) is 5.23. The molecule has 1 saturated heterocycles. The maximum Gasteiger partial charge on any atom is 0.359 e. The number of carbonyl (C=O) groups excluding carboxylic acids is 1. The average Bonchev–Trinajstić information content (AvgIpc) is 2.80. The van der Waals surface area contributed by atoms with Crippen molar-refractivity contribution in [3.05, 3.63) is 76.2 Å². The van der Waals surface area contributed by atoms with E-state index in [1.165, 1.54) is 10.2 Å². The quantitative estimate of drug-likeness (QED) is 0.531. The summed E-state index contributed by atoms with van der Waals surface area (Å²) in [6, 6.07) is 17.3. The second-order valence-corrected chi connectivity index (χ2v) is 8.59. The largest absolute Gasteiger partial charge is 0.458 e. The van der Waals surface area contributed by atoms with Crippen molar-refractivity contribution in [3.63, 3.8) is 0 Å². The van der Waals surface area contributed by atoms with Gasteiger partial charge in [0.15, 0.2) is 5.69 Å². The number of benzene rings is 2. The smallest absolute Gasteiger partial charge is 0.359 e. The number of hydrogen-bond acceptors (Lipinski definition) is 6. The number of fused-ring (bicyclic) bond motifs is 1. The highest BCUT2D eigenvalue weighted by Crippen LogP contribution is 2.16. The van der Waals surface area contributed by atoms with Crippen molar-refractivity contribution in [2.24, 2.45) is 5.92 Å². The number of hydrogen-bond donors (Lipinski definition) is 0. The minimum Gasteiger partial charge on any atom is -0.458 e. The van der Waals surface area contributed by atoms with E-state index in [-0.39, 0.29) is 29.9 Å². The molecule has 4 rings (SSSR count). The predicted octanol–water partition coefficient (Wildman–Crippen LogP) is 3.11. The molecule has 0 bridgehead atoms. The maximum atomic E-state index is 13.0. The summed E-state index contributed by atoms with van der Waals surface area (Å²) < 4.78 is 12.8. The monoisotopic (exact) mass is 435 g/mol. The Morgan fingerprint density at radius 1 is 1.12 bits per heavy atom. The van der Waals surface area contributed by atoms with Crippen molar-refractivity contribution in [3.8, 4) is 0 Å². The first kappa shape index (κ1) is 22.2. The van der Waals surface area contributed by atoms with Crippen molar-refractivity contribution in [2.45, 2.75) is 33.0 Å². The van der Waals surface area contributed by atoms with Gasteiger partial charge in [-0.25, -0.2) is 9.48 Å². The molecule has 1 aliphatic heterocycles. The lowest BCUT2D eigenvalue weighted by molar-refractivity contribution is -0.0613. The van der Waals surface area contributed by atoms with E-state index in [2.05, 4.69) is 22.1 Å². The highest BCUT2D eigenvalue weighted by atomic mass is 16.6. The Morgan fingerprint density at radius 2 is 1.84 bits per heavy atom. The van der Waals surface area contributed by atoms with Gasteiger partial charge in [0.25, 0.3) is 5.56 Å². The summed E-state index contributed by atoms with van der Waals surface area (Å²) >= 11 is 0. The Labute approximate surface area is 187 Å². The number of morpholine rings is 1. The average molecular weight is 436 g/mol. The molecular weight excluding hydrogens is 406 g/mol. The first-order chi connectivity index (χ1) is 15.5. The van der Waals surface area contributed by atoms with Crippen LogP contribution in [0, 0.1) is 5.92 Å². The van der Waals surface area contributed by atoms with E-state index in [0.29, 0.717) is 30.5 Å². The van der Waals surface area contributed by atoms with Crippen LogP contribution in [0.15, 0.2) is 59.4 Å². The van der Waals surface area contributed by atoms with E-state index >= 15 is 0 Å². The van der Waals surface area contributed by atoms with Gasteiger partial charge in [-0.2, -0.15) is 5.10 Å². The zero-order valence-corrected chi connectivity index (χ0v) is 18.6. The van der Waals surface area contributed by atoms with Gasteiger partial charge in [0.2, 0.25) is 0 Å². The number of aromatic nitrogens is 2. The van der Waals surface area contributed by atoms with Crippen molar-refractivity contribution < 1.29 is 14.3 Å². The Bertz CT molecular complexity index is 1130. The third-order valence-electron chi connectivity index (χ3n) is 5.47. The van der Waals surface area contributed by atoms with Crippen LogP contribution in [-0.2, 0) is 22.6 Å². The van der Waals surface area contributed by atoms with E-state index in [1.54, 1.807) is 24.3 Å². The summed E-state index contributed by atoms with van der Waals surface area (Å²) in [5.74, 6) is -0.320. The van der Waals surface area contributed by atoms with Crippen molar-refractivity contribution >= 4 is 16.7 Å². The molecule has 0 spiro atoms. The Morgan fingerprint density at radius 3 is 2.59 bits per heavy atom. The predicted molar refractivity (Wildman–Crippen MR) is 123 cm³/mol. The van der Waals surface area contributed by atoms with Gasteiger partial charge in [-0.15, -0.1) is 0 Å². The van der Waals surface area contributed by atoms with Gasteiger partial charge in [0.1, 0.15) is 12.7 Å². The van der Waals surface area contributed by atoms with Crippen LogP contribution in [-0.4, -0.2) is 53.1 Å². The molecule has 32 heavy (non-hydrogen) atoms. The van der Waals surface area contributed by atoms with E-state index in [1.807, 2.05) is 32.0 Å². The van der Waals surface area contributed by atoms with Crippen molar-refractivity contribution in [2.75, 3.05) is 26.3 Å². The van der Waals surface area contributed by atoms with Gasteiger partial charge in [-0.1, -0.05) is 62.4 Å². The minimum atomic E-state index is -0.539. The molecule has 1 aromatic heterocycles. The Balaban J connectivity index is 1.46. The lowest BCUT2D eigenvalue weighted by atomic mass is 10.1. The van der Waals surface area contributed by atoms with Crippen LogP contribution >= 0.6 is 0 Å². The molecule has 0 saturated carbocycles. The van der Waals surface area contributed by atoms with Crippen LogP contribution in [0.5, 0.6) is 0 Å². The Hall–Kier alpha value is -3.03. The summed E-state index contributed by atoms with van der Waals surface area (Å²) in [5.41, 5.74) is 1.21. The summed E-state index contributed by atoms with van der Waals surface area (Å²) in [5, 5.41) is 5.34. The maximum absolute atomic E-state index is 13.0. The number of ether oxygens (including phenoxy) is 2. The topological polar surface area (TPSA) is 73.7 Å². The summed E-state index contributed by atoms with van der Waals surface area (Å²) in [6.07, 6.45) is -0.204. The Kier molecular flexibility index (Phi) is 6.97. The first-order valence-corrected chi connectivity index (χ1v) is 11.1. The molecule has 1 unspecified atom stereocenters. The van der Waals surface area contributed by atoms with Gasteiger partial charge in [0.05, 0.1) is 12.0 Å². The fourth-order valence-electron chi connectivity index (χ4n) is 3.96. The molecule has 7 nitrogen and oxygen atoms in total. The normalized spacial score (nSPS) is 17.0. The van der Waals surface area contributed by atoms with Crippen molar-refractivity contribution in [1.82, 2.24) is 14.7 Å². The number of carbonyl (C=O) groups is 1. The molecule has 1 atom stereocenters. The van der Waals surface area contributed by atoms with Crippen LogP contribution in [0.4, 0.5) is 0 Å². The van der Waals surface area contributed by atoms with Crippen LogP contribution in [0.3, 0.4) is 0 Å². The summed E-state index contributed by atoms with van der Waals surface area (Å²) in [6.45, 7) is 7.53. The van der Waals surface area contributed by atoms with Gasteiger partial charge >= 0.3 is 5.97 Å². The second kappa shape index (κ2) is 10.1. The van der Waals surface area contributed by atoms with E-state index in [9.17, 15) is 9.59 Å². The first-order valence-electron chi connectivity index (χ1n) is 11.1. The SMILES string of the molecule is CC(C)Cn1nc(C(=O)OCC2CN(Cc3ccccc3)CCO2)c2ccccc2c1=O. The standard InChI is InChI=1S/C25H29N3O4/c1-18(2)14-28-24(29)22-11-7-6-10-21(22)23(26-28)25(30)32-17-20-16-27(12-13-31-20)15-19-8-4-3-5-9-19/h3-11,18,20H,12-17H2,1-2H3. The number of nitrogens with zero attached hydrogens (tertiary/aromatic N) is 3. The molecule has 0 amide bonds. The van der Waals surface area contributed by atoms with E-state index in [4.69, 9.17) is 9.47 Å². The molecule has 3 aromatic rings. The molecule has 1 aliphatic rings. The minimum absolute atomic E-state index is 0.142. The third-order valence-corrected chi connectivity index (χ3v) is 5.47. The highest BCUT2D eigenvalue weighted by molar-refractivity contribution is 6.02. The fourth-order valence-corrected chi connectivity index (χ4v) is 3.96. The van der Waals surface area contributed by atoms with E-state index < -0.39 is 5.97 Å². The molecule has 7 heteroatoms. The number of rotatable bonds is 7.